The Balaban J connectivity index is 1.96. The first kappa shape index (κ1) is 10.6. The van der Waals surface area contributed by atoms with Crippen molar-refractivity contribution in [2.75, 3.05) is 40.9 Å². The summed E-state index contributed by atoms with van der Waals surface area (Å²) in [5.74, 6) is 0. The molecule has 0 spiro atoms. The summed E-state index contributed by atoms with van der Waals surface area (Å²) in [6.45, 7) is 3.28. The van der Waals surface area contributed by atoms with Gasteiger partial charge in [-0.15, -0.1) is 0 Å². The van der Waals surface area contributed by atoms with Gasteiger partial charge in [0.2, 0.25) is 0 Å². The zero-order valence-electron chi connectivity index (χ0n) is 8.80. The molecule has 1 saturated heterocycles. The Bertz CT molecular complexity index is 243. The van der Waals surface area contributed by atoms with E-state index < -0.39 is 0 Å². The van der Waals surface area contributed by atoms with Crippen molar-refractivity contribution in [1.29, 1.82) is 0 Å². The van der Waals surface area contributed by atoms with E-state index in [-0.39, 0.29) is 0 Å². The molecule has 0 aromatic rings. The van der Waals surface area contributed by atoms with Crippen LogP contribution in [0, 0.1) is 0 Å². The average molecular weight is 232 g/mol. The molecule has 6 heteroatoms. The highest BCUT2D eigenvalue weighted by atomic mass is 33.1. The minimum atomic E-state index is 0.293. The molecule has 2 aliphatic rings. The Morgan fingerprint density at radius 3 is 2.71 bits per heavy atom. The molecule has 2 rings (SSSR count). The Hall–Kier alpha value is 0.0900. The molecule has 1 atom stereocenters. The van der Waals surface area contributed by atoms with Crippen LogP contribution in [0.5, 0.6) is 0 Å². The maximum absolute atomic E-state index is 4.67. The van der Waals surface area contributed by atoms with Gasteiger partial charge in [-0.05, 0) is 42.7 Å². The molecule has 2 aliphatic heterocycles. The van der Waals surface area contributed by atoms with Crippen LogP contribution in [0.3, 0.4) is 0 Å². The van der Waals surface area contributed by atoms with Crippen LogP contribution in [0.2, 0.25) is 0 Å². The summed E-state index contributed by atoms with van der Waals surface area (Å²) in [4.78, 5) is 11.5. The smallest absolute Gasteiger partial charge is 0.173 e. The zero-order chi connectivity index (χ0) is 10.1. The zero-order valence-corrected chi connectivity index (χ0v) is 10.4. The second kappa shape index (κ2) is 4.30. The first-order valence-corrected chi connectivity index (χ1v) is 6.89. The number of hydrogen-bond acceptors (Lipinski definition) is 6. The lowest BCUT2D eigenvalue weighted by Crippen LogP contribution is -2.28. The number of hydrogen-bond donors (Lipinski definition) is 0. The van der Waals surface area contributed by atoms with E-state index in [9.17, 15) is 0 Å². The van der Waals surface area contributed by atoms with Crippen molar-refractivity contribution in [1.82, 2.24) is 14.7 Å². The Morgan fingerprint density at radius 1 is 1.43 bits per heavy atom. The van der Waals surface area contributed by atoms with Gasteiger partial charge in [-0.25, -0.2) is 4.99 Å². The Labute approximate surface area is 93.1 Å². The van der Waals surface area contributed by atoms with Crippen molar-refractivity contribution < 1.29 is 0 Å². The van der Waals surface area contributed by atoms with Crippen LogP contribution in [0.15, 0.2) is 4.99 Å². The topological polar surface area (TPSA) is 22.1 Å². The highest BCUT2D eigenvalue weighted by Gasteiger charge is 2.27. The van der Waals surface area contributed by atoms with E-state index in [1.54, 1.807) is 10.8 Å². The fraction of sp³-hybridized carbons (Fsp3) is 0.875. The molecule has 1 unspecified atom stereocenters. The molecule has 4 nitrogen and oxygen atoms in total. The molecule has 0 aromatic carbocycles. The van der Waals surface area contributed by atoms with Crippen LogP contribution < -0.4 is 0 Å². The summed E-state index contributed by atoms with van der Waals surface area (Å²) in [5.41, 5.74) is 0.293. The van der Waals surface area contributed by atoms with Gasteiger partial charge in [-0.2, -0.15) is 0 Å². The molecule has 14 heavy (non-hydrogen) atoms. The molecule has 0 radical (unpaired) electrons. The number of nitrogens with zero attached hydrogens (tertiary/aromatic N) is 4. The van der Waals surface area contributed by atoms with E-state index in [1.165, 1.54) is 5.17 Å². The summed E-state index contributed by atoms with van der Waals surface area (Å²) in [7, 11) is 9.92. The summed E-state index contributed by atoms with van der Waals surface area (Å²) in [5, 5.41) is 1.19. The van der Waals surface area contributed by atoms with Gasteiger partial charge in [0.05, 0.1) is 6.67 Å². The number of likely N-dealkylation sites (N-methyl/N-ethyl adjacent to an activating group) is 1. The van der Waals surface area contributed by atoms with Gasteiger partial charge in [-0.3, -0.25) is 9.80 Å². The van der Waals surface area contributed by atoms with Crippen molar-refractivity contribution in [2.24, 2.45) is 4.99 Å². The van der Waals surface area contributed by atoms with Gasteiger partial charge in [0.25, 0.3) is 0 Å². The molecule has 0 aromatic heterocycles. The van der Waals surface area contributed by atoms with Crippen LogP contribution in [-0.4, -0.2) is 66.3 Å². The summed E-state index contributed by atoms with van der Waals surface area (Å²) < 4.78 is 0. The van der Waals surface area contributed by atoms with Gasteiger partial charge in [-0.1, -0.05) is 0 Å². The highest BCUT2D eigenvalue weighted by molar-refractivity contribution is 8.82. The predicted octanol–water partition coefficient (Wildman–Crippen LogP) is 0.788. The molecule has 0 aliphatic carbocycles. The van der Waals surface area contributed by atoms with Crippen molar-refractivity contribution in [3.05, 3.63) is 0 Å². The maximum atomic E-state index is 4.67. The second-order valence-electron chi connectivity index (χ2n) is 3.87. The van der Waals surface area contributed by atoms with Gasteiger partial charge < -0.3 is 4.90 Å². The van der Waals surface area contributed by atoms with Gasteiger partial charge in [0.1, 0.15) is 0 Å². The third-order valence-electron chi connectivity index (χ3n) is 2.31. The third kappa shape index (κ3) is 2.18. The van der Waals surface area contributed by atoms with Crippen LogP contribution in [0.4, 0.5) is 0 Å². The quantitative estimate of drug-likeness (QED) is 0.622. The van der Waals surface area contributed by atoms with Crippen LogP contribution >= 0.6 is 21.6 Å². The SMILES string of the molecule is CN1CCN(C2=NC(N(C)C)SS2)C1. The molecule has 80 valence electrons. The number of rotatable bonds is 1. The van der Waals surface area contributed by atoms with E-state index in [1.807, 2.05) is 10.8 Å². The molecule has 0 amide bonds. The second-order valence-corrected chi connectivity index (χ2v) is 6.09. The van der Waals surface area contributed by atoms with E-state index in [0.29, 0.717) is 5.50 Å². The maximum Gasteiger partial charge on any atom is 0.173 e. The molecular weight excluding hydrogens is 216 g/mol. The van der Waals surface area contributed by atoms with Gasteiger partial charge in [0, 0.05) is 13.1 Å². The average Bonchev–Trinajstić information content (AvgIpc) is 2.70. The van der Waals surface area contributed by atoms with E-state index >= 15 is 0 Å². The lowest BCUT2D eigenvalue weighted by Gasteiger charge is -2.16. The van der Waals surface area contributed by atoms with E-state index in [2.05, 4.69) is 40.8 Å². The summed E-state index contributed by atoms with van der Waals surface area (Å²) in [6, 6.07) is 0. The minimum absolute atomic E-state index is 0.293. The lowest BCUT2D eigenvalue weighted by molar-refractivity contribution is 0.357. The minimum Gasteiger partial charge on any atom is -0.336 e. The molecule has 0 N–H and O–H groups in total. The molecule has 0 saturated carbocycles. The van der Waals surface area contributed by atoms with Gasteiger partial charge in [0.15, 0.2) is 10.7 Å². The molecular formula is C8H16N4S2. The monoisotopic (exact) mass is 232 g/mol. The normalized spacial score (nSPS) is 29.0. The van der Waals surface area contributed by atoms with Gasteiger partial charge >= 0.3 is 0 Å². The summed E-state index contributed by atoms with van der Waals surface area (Å²) in [6.07, 6.45) is 0. The van der Waals surface area contributed by atoms with Crippen LogP contribution in [0.25, 0.3) is 0 Å². The van der Waals surface area contributed by atoms with Crippen molar-refractivity contribution in [3.8, 4) is 0 Å². The van der Waals surface area contributed by atoms with Crippen molar-refractivity contribution in [3.63, 3.8) is 0 Å². The van der Waals surface area contributed by atoms with E-state index in [0.717, 1.165) is 19.8 Å². The van der Waals surface area contributed by atoms with E-state index in [4.69, 9.17) is 0 Å². The standard InChI is InChI=1S/C8H16N4S2/c1-10(2)7-9-8(14-13-7)12-5-4-11(3)6-12/h7H,4-6H2,1-3H3. The number of amidine groups is 1. The summed E-state index contributed by atoms with van der Waals surface area (Å²) >= 11 is 0. The van der Waals surface area contributed by atoms with Crippen molar-refractivity contribution >= 4 is 26.8 Å². The fourth-order valence-corrected chi connectivity index (χ4v) is 4.00. The van der Waals surface area contributed by atoms with Crippen LogP contribution in [-0.2, 0) is 0 Å². The molecule has 0 bridgehead atoms. The van der Waals surface area contributed by atoms with Crippen LogP contribution in [0.1, 0.15) is 0 Å². The molecule has 2 heterocycles. The highest BCUT2D eigenvalue weighted by Crippen LogP contribution is 2.38. The fourth-order valence-electron chi connectivity index (χ4n) is 1.44. The largest absolute Gasteiger partial charge is 0.336 e. The predicted molar refractivity (Wildman–Crippen MR) is 64.3 cm³/mol. The number of aliphatic imine (C=N–C) groups is 1. The molecule has 1 fully saturated rings. The lowest BCUT2D eigenvalue weighted by atomic mass is 10.6. The Morgan fingerprint density at radius 2 is 2.21 bits per heavy atom. The first-order valence-electron chi connectivity index (χ1n) is 4.68. The first-order chi connectivity index (χ1) is 6.66. The van der Waals surface area contributed by atoms with Crippen molar-refractivity contribution in [2.45, 2.75) is 5.50 Å². The Kier molecular flexibility index (Phi) is 3.26. The third-order valence-corrected chi connectivity index (χ3v) is 4.87.